The molecule has 0 saturated carbocycles. The van der Waals surface area contributed by atoms with Crippen LogP contribution in [0.25, 0.3) is 0 Å². The SMILES string of the molecule is CO[C@@H]1[C@H](O)[C@@H](CO)O[C@H]1N1C=NC2C(=O)N=C(N(C)C)N=C21. The van der Waals surface area contributed by atoms with Crippen molar-refractivity contribution in [3.63, 3.8) is 0 Å². The number of carbonyl (C=O) groups is 1. The number of ether oxygens (including phenoxy) is 2. The van der Waals surface area contributed by atoms with Crippen LogP contribution >= 0.6 is 0 Å². The van der Waals surface area contributed by atoms with Crippen LogP contribution in [0.2, 0.25) is 0 Å². The molecule has 0 radical (unpaired) electrons. The Morgan fingerprint density at radius 3 is 2.78 bits per heavy atom. The number of aliphatic imine (C=N–C) groups is 3. The number of amides is 1. The van der Waals surface area contributed by atoms with Crippen molar-refractivity contribution in [3.8, 4) is 0 Å². The fourth-order valence-electron chi connectivity index (χ4n) is 2.73. The van der Waals surface area contributed by atoms with Crippen molar-refractivity contribution in [1.29, 1.82) is 0 Å². The van der Waals surface area contributed by atoms with Crippen molar-refractivity contribution in [2.75, 3.05) is 27.8 Å². The highest BCUT2D eigenvalue weighted by Crippen LogP contribution is 2.29. The van der Waals surface area contributed by atoms with Gasteiger partial charge in [0.05, 0.1) is 12.9 Å². The molecule has 0 aromatic carbocycles. The number of fused-ring (bicyclic) bond motifs is 1. The third-order valence-corrected chi connectivity index (χ3v) is 3.95. The zero-order chi connectivity index (χ0) is 16.7. The monoisotopic (exact) mass is 325 g/mol. The second kappa shape index (κ2) is 5.96. The highest BCUT2D eigenvalue weighted by atomic mass is 16.6. The number of aliphatic hydroxyl groups is 2. The molecule has 0 aromatic heterocycles. The van der Waals surface area contributed by atoms with E-state index in [0.29, 0.717) is 5.84 Å². The van der Waals surface area contributed by atoms with Crippen molar-refractivity contribution in [1.82, 2.24) is 9.80 Å². The minimum Gasteiger partial charge on any atom is -0.394 e. The highest BCUT2D eigenvalue weighted by Gasteiger charge is 2.50. The van der Waals surface area contributed by atoms with Gasteiger partial charge in [-0.05, 0) is 0 Å². The maximum absolute atomic E-state index is 12.1. The van der Waals surface area contributed by atoms with Gasteiger partial charge in [0.15, 0.2) is 18.1 Å². The van der Waals surface area contributed by atoms with Crippen LogP contribution in [0.5, 0.6) is 0 Å². The fraction of sp³-hybridized carbons (Fsp3) is 0.692. The summed E-state index contributed by atoms with van der Waals surface area (Å²) in [6, 6.07) is -0.815. The van der Waals surface area contributed by atoms with Gasteiger partial charge in [0.1, 0.15) is 18.3 Å². The molecule has 1 unspecified atom stereocenters. The number of methoxy groups -OCH3 is 1. The molecule has 0 aliphatic carbocycles. The van der Waals surface area contributed by atoms with Gasteiger partial charge in [-0.2, -0.15) is 9.98 Å². The van der Waals surface area contributed by atoms with Gasteiger partial charge in [0.2, 0.25) is 5.96 Å². The molecule has 126 valence electrons. The molecule has 5 atom stereocenters. The summed E-state index contributed by atoms with van der Waals surface area (Å²) in [5, 5.41) is 19.4. The molecule has 2 N–H and O–H groups in total. The summed E-state index contributed by atoms with van der Waals surface area (Å²) < 4.78 is 10.9. The Bertz CT molecular complexity index is 589. The first-order chi connectivity index (χ1) is 11.0. The molecule has 10 nitrogen and oxygen atoms in total. The Hall–Kier alpha value is -1.88. The smallest absolute Gasteiger partial charge is 0.281 e. The lowest BCUT2D eigenvalue weighted by atomic mass is 10.1. The summed E-state index contributed by atoms with van der Waals surface area (Å²) in [6.07, 6.45) is -1.80. The van der Waals surface area contributed by atoms with Crippen molar-refractivity contribution in [3.05, 3.63) is 0 Å². The van der Waals surface area contributed by atoms with E-state index >= 15 is 0 Å². The van der Waals surface area contributed by atoms with Crippen LogP contribution in [-0.4, -0.2) is 102 Å². The van der Waals surface area contributed by atoms with E-state index in [1.165, 1.54) is 13.4 Å². The third kappa shape index (κ3) is 2.53. The van der Waals surface area contributed by atoms with Gasteiger partial charge in [0, 0.05) is 21.2 Å². The van der Waals surface area contributed by atoms with Crippen molar-refractivity contribution < 1.29 is 24.5 Å². The topological polar surface area (TPSA) is 120 Å². The molecule has 10 heteroatoms. The molecule has 0 aromatic rings. The number of carbonyl (C=O) groups excluding carboxylic acids is 1. The Labute approximate surface area is 132 Å². The predicted molar refractivity (Wildman–Crippen MR) is 80.2 cm³/mol. The van der Waals surface area contributed by atoms with Crippen LogP contribution in [-0.2, 0) is 14.3 Å². The summed E-state index contributed by atoms with van der Waals surface area (Å²) in [7, 11) is 4.90. The van der Waals surface area contributed by atoms with Crippen molar-refractivity contribution in [2.45, 2.75) is 30.6 Å². The average Bonchev–Trinajstić information content (AvgIpc) is 3.07. The number of aliphatic hydroxyl groups excluding tert-OH is 2. The maximum Gasteiger partial charge on any atom is 0.281 e. The molecule has 1 amide bonds. The highest BCUT2D eigenvalue weighted by molar-refractivity contribution is 6.22. The first-order valence-corrected chi connectivity index (χ1v) is 7.15. The van der Waals surface area contributed by atoms with Crippen LogP contribution in [0.3, 0.4) is 0 Å². The molecule has 3 rings (SSSR count). The number of amidine groups is 1. The van der Waals surface area contributed by atoms with Crippen LogP contribution in [0.1, 0.15) is 0 Å². The van der Waals surface area contributed by atoms with Crippen LogP contribution in [0.15, 0.2) is 15.0 Å². The number of hydrogen-bond acceptors (Lipinski definition) is 9. The standard InChI is InChI=1S/C13H19N5O5/c1-17(2)13-15-10-7(11(21)16-13)14-5-18(10)12-9(22-3)8(20)6(4-19)23-12/h5-9,12,19-20H,4H2,1-3H3/t6-,7?,8-,9-,12-/m1/s1. The number of rotatable bonds is 3. The van der Waals surface area contributed by atoms with Crippen molar-refractivity contribution >= 4 is 24.0 Å². The second-order valence-electron chi connectivity index (χ2n) is 5.63. The largest absolute Gasteiger partial charge is 0.394 e. The van der Waals surface area contributed by atoms with Gasteiger partial charge >= 0.3 is 0 Å². The molecular formula is C13H19N5O5. The Kier molecular flexibility index (Phi) is 4.15. The van der Waals surface area contributed by atoms with Crippen molar-refractivity contribution in [2.24, 2.45) is 15.0 Å². The van der Waals surface area contributed by atoms with Gasteiger partial charge in [-0.3, -0.25) is 14.7 Å². The Balaban J connectivity index is 1.91. The quantitative estimate of drug-likeness (QED) is 0.596. The second-order valence-corrected chi connectivity index (χ2v) is 5.63. The molecule has 3 aliphatic rings. The summed E-state index contributed by atoms with van der Waals surface area (Å²) in [5.41, 5.74) is 0. The van der Waals surface area contributed by atoms with E-state index in [1.807, 2.05) is 0 Å². The van der Waals surface area contributed by atoms with Gasteiger partial charge < -0.3 is 24.6 Å². The van der Waals surface area contributed by atoms with E-state index in [4.69, 9.17) is 9.47 Å². The first-order valence-electron chi connectivity index (χ1n) is 7.15. The normalized spacial score (nSPS) is 36.1. The summed E-state index contributed by atoms with van der Waals surface area (Å²) in [5.74, 6) is 0.221. The minimum atomic E-state index is -0.996. The first kappa shape index (κ1) is 16.0. The number of nitrogens with zero attached hydrogens (tertiary/aromatic N) is 5. The van der Waals surface area contributed by atoms with Gasteiger partial charge in [-0.25, -0.2) is 0 Å². The summed E-state index contributed by atoms with van der Waals surface area (Å²) >= 11 is 0. The summed E-state index contributed by atoms with van der Waals surface area (Å²) in [6.45, 7) is -0.345. The molecule has 3 heterocycles. The molecule has 0 spiro atoms. The molecule has 1 fully saturated rings. The van der Waals surface area contributed by atoms with E-state index < -0.39 is 36.5 Å². The van der Waals surface area contributed by atoms with Gasteiger partial charge in [0.25, 0.3) is 5.91 Å². The lowest BCUT2D eigenvalue weighted by molar-refractivity contribution is -0.117. The average molecular weight is 325 g/mol. The Morgan fingerprint density at radius 2 is 2.17 bits per heavy atom. The zero-order valence-corrected chi connectivity index (χ0v) is 13.0. The van der Waals surface area contributed by atoms with E-state index in [9.17, 15) is 15.0 Å². The van der Waals surface area contributed by atoms with E-state index in [1.54, 1.807) is 23.9 Å². The van der Waals surface area contributed by atoms with Gasteiger partial charge in [-0.1, -0.05) is 0 Å². The molecule has 3 aliphatic heterocycles. The Morgan fingerprint density at radius 1 is 1.43 bits per heavy atom. The number of hydrogen-bond donors (Lipinski definition) is 2. The predicted octanol–water partition coefficient (Wildman–Crippen LogP) is -2.35. The zero-order valence-electron chi connectivity index (χ0n) is 13.0. The maximum atomic E-state index is 12.1. The van der Waals surface area contributed by atoms with Gasteiger partial charge in [-0.15, -0.1) is 0 Å². The lowest BCUT2D eigenvalue weighted by Gasteiger charge is -2.29. The van der Waals surface area contributed by atoms with Crippen LogP contribution < -0.4 is 0 Å². The minimum absolute atomic E-state index is 0.267. The van der Waals surface area contributed by atoms with Crippen LogP contribution in [0.4, 0.5) is 0 Å². The van der Waals surface area contributed by atoms with E-state index in [2.05, 4.69) is 15.0 Å². The van der Waals surface area contributed by atoms with E-state index in [-0.39, 0.29) is 12.6 Å². The third-order valence-electron chi connectivity index (χ3n) is 3.95. The molecule has 23 heavy (non-hydrogen) atoms. The molecular weight excluding hydrogens is 306 g/mol. The number of guanidine groups is 1. The fourth-order valence-corrected chi connectivity index (χ4v) is 2.73. The molecule has 0 bridgehead atoms. The van der Waals surface area contributed by atoms with Crippen LogP contribution in [0, 0.1) is 0 Å². The van der Waals surface area contributed by atoms with E-state index in [0.717, 1.165) is 0 Å². The molecule has 1 saturated heterocycles. The lowest BCUT2D eigenvalue weighted by Crippen LogP contribution is -2.50. The summed E-state index contributed by atoms with van der Waals surface area (Å²) in [4.78, 5) is 27.6.